The summed E-state index contributed by atoms with van der Waals surface area (Å²) in [6, 6.07) is 3.77. The number of nitrogens with zero attached hydrogens (tertiary/aromatic N) is 2. The predicted octanol–water partition coefficient (Wildman–Crippen LogP) is -0.00130. The van der Waals surface area contributed by atoms with E-state index in [9.17, 15) is 4.79 Å². The zero-order chi connectivity index (χ0) is 9.68. The smallest absolute Gasteiger partial charge is 0.236 e. The fraction of sp³-hybridized carbons (Fsp3) is 0.333. The molecule has 1 rings (SSSR count). The van der Waals surface area contributed by atoms with E-state index in [4.69, 9.17) is 5.73 Å². The number of pyridine rings is 1. The molecular formula is C9H13N3O. The molecule has 0 aliphatic rings. The van der Waals surface area contributed by atoms with Gasteiger partial charge in [-0.15, -0.1) is 0 Å². The highest BCUT2D eigenvalue weighted by Gasteiger charge is 2.05. The molecule has 1 aromatic rings. The van der Waals surface area contributed by atoms with Crippen LogP contribution in [0.5, 0.6) is 0 Å². The van der Waals surface area contributed by atoms with Gasteiger partial charge in [0.2, 0.25) is 5.91 Å². The molecule has 0 spiro atoms. The first-order valence-electron chi connectivity index (χ1n) is 4.07. The Hall–Kier alpha value is -1.42. The van der Waals surface area contributed by atoms with E-state index in [1.165, 1.54) is 0 Å². The maximum atomic E-state index is 11.1. The van der Waals surface area contributed by atoms with E-state index in [0.717, 1.165) is 5.56 Å². The van der Waals surface area contributed by atoms with E-state index in [2.05, 4.69) is 4.98 Å². The SMILES string of the molecule is CN(Cc1cccnc1)C(=O)CN. The van der Waals surface area contributed by atoms with Gasteiger partial charge in [0.25, 0.3) is 0 Å². The van der Waals surface area contributed by atoms with Gasteiger partial charge >= 0.3 is 0 Å². The minimum atomic E-state index is -0.0659. The van der Waals surface area contributed by atoms with Crippen LogP contribution < -0.4 is 5.73 Å². The van der Waals surface area contributed by atoms with Crippen molar-refractivity contribution in [1.82, 2.24) is 9.88 Å². The number of amides is 1. The third-order valence-corrected chi connectivity index (χ3v) is 1.74. The Labute approximate surface area is 77.4 Å². The summed E-state index contributed by atoms with van der Waals surface area (Å²) in [7, 11) is 1.72. The van der Waals surface area contributed by atoms with Gasteiger partial charge in [0, 0.05) is 26.0 Å². The Kier molecular flexibility index (Phi) is 3.40. The highest BCUT2D eigenvalue weighted by Crippen LogP contribution is 1.99. The van der Waals surface area contributed by atoms with Crippen molar-refractivity contribution in [1.29, 1.82) is 0 Å². The fourth-order valence-electron chi connectivity index (χ4n) is 1.01. The van der Waals surface area contributed by atoms with Gasteiger partial charge in [0.15, 0.2) is 0 Å². The molecule has 4 nitrogen and oxygen atoms in total. The normalized spacial score (nSPS) is 9.69. The predicted molar refractivity (Wildman–Crippen MR) is 49.8 cm³/mol. The average molecular weight is 179 g/mol. The third-order valence-electron chi connectivity index (χ3n) is 1.74. The van der Waals surface area contributed by atoms with Crippen LogP contribution in [-0.2, 0) is 11.3 Å². The van der Waals surface area contributed by atoms with Gasteiger partial charge < -0.3 is 10.6 Å². The molecular weight excluding hydrogens is 166 g/mol. The number of likely N-dealkylation sites (N-methyl/N-ethyl adjacent to an activating group) is 1. The van der Waals surface area contributed by atoms with Crippen molar-refractivity contribution in [2.24, 2.45) is 5.73 Å². The molecule has 0 aliphatic carbocycles. The summed E-state index contributed by atoms with van der Waals surface area (Å²) in [5.41, 5.74) is 6.23. The second kappa shape index (κ2) is 4.57. The van der Waals surface area contributed by atoms with Crippen molar-refractivity contribution < 1.29 is 4.79 Å². The molecule has 0 aromatic carbocycles. The van der Waals surface area contributed by atoms with Crippen molar-refractivity contribution in [2.75, 3.05) is 13.6 Å². The van der Waals surface area contributed by atoms with Crippen LogP contribution in [0.3, 0.4) is 0 Å². The number of carbonyl (C=O) groups excluding carboxylic acids is 1. The number of aromatic nitrogens is 1. The quantitative estimate of drug-likeness (QED) is 0.710. The molecule has 0 bridgehead atoms. The van der Waals surface area contributed by atoms with E-state index in [-0.39, 0.29) is 12.5 Å². The number of rotatable bonds is 3. The molecule has 0 saturated carbocycles. The van der Waals surface area contributed by atoms with Crippen LogP contribution in [0, 0.1) is 0 Å². The summed E-state index contributed by atoms with van der Waals surface area (Å²) in [4.78, 5) is 16.6. The maximum absolute atomic E-state index is 11.1. The molecule has 0 atom stereocenters. The monoisotopic (exact) mass is 179 g/mol. The number of hydrogen-bond donors (Lipinski definition) is 1. The number of hydrogen-bond acceptors (Lipinski definition) is 3. The highest BCUT2D eigenvalue weighted by molar-refractivity contribution is 5.77. The Balaban J connectivity index is 2.55. The van der Waals surface area contributed by atoms with E-state index >= 15 is 0 Å². The van der Waals surface area contributed by atoms with Gasteiger partial charge in [0.1, 0.15) is 0 Å². The summed E-state index contributed by atoms with van der Waals surface area (Å²) < 4.78 is 0. The molecule has 1 amide bonds. The Morgan fingerprint density at radius 2 is 2.46 bits per heavy atom. The van der Waals surface area contributed by atoms with Crippen molar-refractivity contribution in [3.8, 4) is 0 Å². The highest BCUT2D eigenvalue weighted by atomic mass is 16.2. The van der Waals surface area contributed by atoms with Crippen LogP contribution in [0.2, 0.25) is 0 Å². The minimum absolute atomic E-state index is 0.0523. The topological polar surface area (TPSA) is 59.2 Å². The van der Waals surface area contributed by atoms with Crippen molar-refractivity contribution in [3.63, 3.8) is 0 Å². The number of carbonyl (C=O) groups is 1. The lowest BCUT2D eigenvalue weighted by atomic mass is 10.3. The molecule has 0 unspecified atom stereocenters. The summed E-state index contributed by atoms with van der Waals surface area (Å²) in [5.74, 6) is -0.0659. The summed E-state index contributed by atoms with van der Waals surface area (Å²) in [6.07, 6.45) is 3.44. The van der Waals surface area contributed by atoms with E-state index in [0.29, 0.717) is 6.54 Å². The Morgan fingerprint density at radius 1 is 1.69 bits per heavy atom. The molecule has 0 saturated heterocycles. The maximum Gasteiger partial charge on any atom is 0.236 e. The molecule has 2 N–H and O–H groups in total. The van der Waals surface area contributed by atoms with Crippen LogP contribution in [0.1, 0.15) is 5.56 Å². The van der Waals surface area contributed by atoms with Gasteiger partial charge in [-0.3, -0.25) is 9.78 Å². The molecule has 0 radical (unpaired) electrons. The lowest BCUT2D eigenvalue weighted by Crippen LogP contribution is -2.32. The van der Waals surface area contributed by atoms with Crippen LogP contribution in [0.4, 0.5) is 0 Å². The van der Waals surface area contributed by atoms with Crippen molar-refractivity contribution >= 4 is 5.91 Å². The first kappa shape index (κ1) is 9.67. The molecule has 4 heteroatoms. The van der Waals surface area contributed by atoms with E-state index in [1.54, 1.807) is 24.3 Å². The molecule has 1 aromatic heterocycles. The lowest BCUT2D eigenvalue weighted by molar-refractivity contribution is -0.128. The van der Waals surface area contributed by atoms with Gasteiger partial charge in [-0.05, 0) is 11.6 Å². The van der Waals surface area contributed by atoms with Crippen LogP contribution in [-0.4, -0.2) is 29.4 Å². The van der Waals surface area contributed by atoms with E-state index in [1.807, 2.05) is 12.1 Å². The first-order chi connectivity index (χ1) is 6.24. The zero-order valence-corrected chi connectivity index (χ0v) is 7.60. The standard InChI is InChI=1S/C9H13N3O/c1-12(9(13)5-10)7-8-3-2-4-11-6-8/h2-4,6H,5,7,10H2,1H3. The second-order valence-corrected chi connectivity index (χ2v) is 2.82. The number of nitrogens with two attached hydrogens (primary N) is 1. The molecule has 0 aliphatic heterocycles. The molecule has 0 fully saturated rings. The molecule has 70 valence electrons. The van der Waals surface area contributed by atoms with Gasteiger partial charge in [0.05, 0.1) is 6.54 Å². The van der Waals surface area contributed by atoms with Gasteiger partial charge in [-0.1, -0.05) is 6.07 Å². The molecule has 1 heterocycles. The zero-order valence-electron chi connectivity index (χ0n) is 7.60. The summed E-state index contributed by atoms with van der Waals surface area (Å²) >= 11 is 0. The lowest BCUT2D eigenvalue weighted by Gasteiger charge is -2.15. The Morgan fingerprint density at radius 3 is 3.00 bits per heavy atom. The average Bonchev–Trinajstić information content (AvgIpc) is 2.18. The van der Waals surface area contributed by atoms with E-state index < -0.39 is 0 Å². The van der Waals surface area contributed by atoms with Crippen LogP contribution in [0.25, 0.3) is 0 Å². The van der Waals surface area contributed by atoms with Crippen LogP contribution in [0.15, 0.2) is 24.5 Å². The second-order valence-electron chi connectivity index (χ2n) is 2.82. The third kappa shape index (κ3) is 2.83. The van der Waals surface area contributed by atoms with Gasteiger partial charge in [-0.25, -0.2) is 0 Å². The van der Waals surface area contributed by atoms with Crippen molar-refractivity contribution in [2.45, 2.75) is 6.54 Å². The Bertz CT molecular complexity index is 273. The summed E-state index contributed by atoms with van der Waals surface area (Å²) in [5, 5.41) is 0. The van der Waals surface area contributed by atoms with Crippen LogP contribution >= 0.6 is 0 Å². The minimum Gasteiger partial charge on any atom is -0.340 e. The van der Waals surface area contributed by atoms with Crippen molar-refractivity contribution in [3.05, 3.63) is 30.1 Å². The van der Waals surface area contributed by atoms with Gasteiger partial charge in [-0.2, -0.15) is 0 Å². The summed E-state index contributed by atoms with van der Waals surface area (Å²) in [6.45, 7) is 0.612. The molecule has 13 heavy (non-hydrogen) atoms. The first-order valence-corrected chi connectivity index (χ1v) is 4.07. The largest absolute Gasteiger partial charge is 0.340 e. The fourth-order valence-corrected chi connectivity index (χ4v) is 1.01.